The Balaban J connectivity index is 1.50. The van der Waals surface area contributed by atoms with Crippen LogP contribution in [0.3, 0.4) is 0 Å². The molecule has 0 radical (unpaired) electrons. The van der Waals surface area contributed by atoms with Gasteiger partial charge < -0.3 is 15.5 Å². The summed E-state index contributed by atoms with van der Waals surface area (Å²) in [5.41, 5.74) is 8.42. The van der Waals surface area contributed by atoms with Crippen LogP contribution in [0.1, 0.15) is 34.7 Å². The van der Waals surface area contributed by atoms with Gasteiger partial charge in [-0.15, -0.1) is 0 Å². The number of benzene rings is 2. The third-order valence-corrected chi connectivity index (χ3v) is 5.52. The third-order valence-electron chi connectivity index (χ3n) is 5.52. The third kappa shape index (κ3) is 3.19. The number of carbonyl (C=O) groups is 1. The molecule has 26 heavy (non-hydrogen) atoms. The minimum atomic E-state index is -0.319. The smallest absolute Gasteiger partial charge is 0.254 e. The van der Waals surface area contributed by atoms with Crippen LogP contribution in [0.25, 0.3) is 0 Å². The molecule has 136 valence electrons. The highest BCUT2D eigenvalue weighted by molar-refractivity contribution is 5.95. The first kappa shape index (κ1) is 17.0. The van der Waals surface area contributed by atoms with Gasteiger partial charge in [0.2, 0.25) is 0 Å². The lowest BCUT2D eigenvalue weighted by molar-refractivity contribution is 0.0788. The van der Waals surface area contributed by atoms with Crippen molar-refractivity contribution in [2.24, 2.45) is 5.73 Å². The van der Waals surface area contributed by atoms with Gasteiger partial charge in [-0.3, -0.25) is 4.79 Å². The van der Waals surface area contributed by atoms with Crippen LogP contribution in [0.2, 0.25) is 0 Å². The molecule has 0 bridgehead atoms. The average molecular weight is 353 g/mol. The molecule has 0 aromatic heterocycles. The molecular weight excluding hydrogens is 329 g/mol. The predicted molar refractivity (Wildman–Crippen MR) is 101 cm³/mol. The van der Waals surface area contributed by atoms with Gasteiger partial charge in [0.05, 0.1) is 5.69 Å². The van der Waals surface area contributed by atoms with E-state index in [1.165, 1.54) is 6.07 Å². The molecule has 0 aliphatic carbocycles. The zero-order valence-electron chi connectivity index (χ0n) is 14.8. The van der Waals surface area contributed by atoms with Crippen LogP contribution in [-0.2, 0) is 0 Å². The van der Waals surface area contributed by atoms with Crippen LogP contribution >= 0.6 is 0 Å². The van der Waals surface area contributed by atoms with Crippen molar-refractivity contribution in [3.05, 3.63) is 65.5 Å². The van der Waals surface area contributed by atoms with Crippen molar-refractivity contribution in [2.45, 2.75) is 24.8 Å². The van der Waals surface area contributed by atoms with E-state index in [4.69, 9.17) is 5.73 Å². The molecule has 2 fully saturated rings. The summed E-state index contributed by atoms with van der Waals surface area (Å²) in [5, 5.41) is 0. The maximum atomic E-state index is 14.5. The predicted octanol–water partition coefficient (Wildman–Crippen LogP) is 2.99. The fourth-order valence-corrected chi connectivity index (χ4v) is 4.08. The standard InChI is InChI=1S/C21H24FN3O/c22-18-12-16(8-9-20(18)24-10-4-5-11-24)21(26)25-13-17(19(23)14-25)15-6-2-1-3-7-15/h1-3,6-9,12,17,19H,4-5,10-11,13-14,23H2/t17-,19+/m0/s1. The molecule has 5 heteroatoms. The quantitative estimate of drug-likeness (QED) is 0.923. The highest BCUT2D eigenvalue weighted by Gasteiger charge is 2.34. The van der Waals surface area contributed by atoms with E-state index in [1.54, 1.807) is 17.0 Å². The molecule has 0 spiro atoms. The van der Waals surface area contributed by atoms with Gasteiger partial charge >= 0.3 is 0 Å². The zero-order chi connectivity index (χ0) is 18.1. The van der Waals surface area contributed by atoms with Gasteiger partial charge in [0.1, 0.15) is 5.82 Å². The molecule has 2 atom stereocenters. The number of nitrogens with two attached hydrogens (primary N) is 1. The number of halogens is 1. The second kappa shape index (κ2) is 7.08. The monoisotopic (exact) mass is 353 g/mol. The number of rotatable bonds is 3. The molecule has 2 heterocycles. The number of hydrogen-bond donors (Lipinski definition) is 1. The molecule has 2 aromatic carbocycles. The van der Waals surface area contributed by atoms with E-state index < -0.39 is 0 Å². The maximum absolute atomic E-state index is 14.5. The minimum Gasteiger partial charge on any atom is -0.369 e. The molecule has 2 aliphatic rings. The maximum Gasteiger partial charge on any atom is 0.254 e. The Morgan fingerprint density at radius 2 is 1.77 bits per heavy atom. The molecular formula is C21H24FN3O. The van der Waals surface area contributed by atoms with E-state index in [0.29, 0.717) is 24.3 Å². The Hall–Kier alpha value is -2.40. The summed E-state index contributed by atoms with van der Waals surface area (Å²) in [4.78, 5) is 16.6. The second-order valence-corrected chi connectivity index (χ2v) is 7.25. The van der Waals surface area contributed by atoms with Crippen LogP contribution in [0, 0.1) is 5.82 Å². The van der Waals surface area contributed by atoms with Gasteiger partial charge in [-0.1, -0.05) is 30.3 Å². The number of hydrogen-bond acceptors (Lipinski definition) is 3. The molecule has 2 aliphatic heterocycles. The first-order valence-electron chi connectivity index (χ1n) is 9.28. The van der Waals surface area contributed by atoms with Crippen LogP contribution in [-0.4, -0.2) is 43.0 Å². The van der Waals surface area contributed by atoms with Gasteiger partial charge in [0.25, 0.3) is 5.91 Å². The van der Waals surface area contributed by atoms with E-state index in [0.717, 1.165) is 31.5 Å². The van der Waals surface area contributed by atoms with E-state index in [2.05, 4.69) is 0 Å². The summed E-state index contributed by atoms with van der Waals surface area (Å²) in [5.74, 6) is -0.347. The van der Waals surface area contributed by atoms with Crippen molar-refractivity contribution in [1.29, 1.82) is 0 Å². The average Bonchev–Trinajstić information content (AvgIpc) is 3.31. The number of carbonyl (C=O) groups excluding carboxylic acids is 1. The summed E-state index contributed by atoms with van der Waals surface area (Å²) in [6, 6.07) is 14.8. The number of likely N-dealkylation sites (tertiary alicyclic amines) is 1. The zero-order valence-corrected chi connectivity index (χ0v) is 14.8. The van der Waals surface area contributed by atoms with Crippen molar-refractivity contribution in [3.63, 3.8) is 0 Å². The number of anilines is 1. The Morgan fingerprint density at radius 1 is 1.04 bits per heavy atom. The van der Waals surface area contributed by atoms with Crippen molar-refractivity contribution in [2.75, 3.05) is 31.1 Å². The fourth-order valence-electron chi connectivity index (χ4n) is 4.08. The van der Waals surface area contributed by atoms with E-state index >= 15 is 0 Å². The van der Waals surface area contributed by atoms with Crippen molar-refractivity contribution in [1.82, 2.24) is 4.90 Å². The van der Waals surface area contributed by atoms with E-state index in [1.807, 2.05) is 35.2 Å². The topological polar surface area (TPSA) is 49.6 Å². The first-order valence-corrected chi connectivity index (χ1v) is 9.28. The molecule has 2 N–H and O–H groups in total. The molecule has 2 saturated heterocycles. The number of nitrogens with zero attached hydrogens (tertiary/aromatic N) is 2. The van der Waals surface area contributed by atoms with Crippen LogP contribution in [0.4, 0.5) is 10.1 Å². The van der Waals surface area contributed by atoms with Gasteiger partial charge in [0, 0.05) is 43.7 Å². The Bertz CT molecular complexity index is 789. The molecule has 1 amide bonds. The molecule has 4 rings (SSSR count). The lowest BCUT2D eigenvalue weighted by Gasteiger charge is -2.20. The molecule has 2 aromatic rings. The summed E-state index contributed by atoms with van der Waals surface area (Å²) in [6.45, 7) is 2.82. The molecule has 0 unspecified atom stereocenters. The van der Waals surface area contributed by atoms with Gasteiger partial charge in [-0.2, -0.15) is 0 Å². The lowest BCUT2D eigenvalue weighted by Crippen LogP contribution is -2.32. The summed E-state index contributed by atoms with van der Waals surface area (Å²) in [7, 11) is 0. The van der Waals surface area contributed by atoms with Crippen molar-refractivity contribution < 1.29 is 9.18 Å². The minimum absolute atomic E-state index is 0.102. The van der Waals surface area contributed by atoms with Crippen LogP contribution in [0.15, 0.2) is 48.5 Å². The lowest BCUT2D eigenvalue weighted by atomic mass is 9.95. The Morgan fingerprint density at radius 3 is 2.46 bits per heavy atom. The van der Waals surface area contributed by atoms with Gasteiger partial charge in [-0.25, -0.2) is 4.39 Å². The van der Waals surface area contributed by atoms with E-state index in [9.17, 15) is 9.18 Å². The normalized spacial score (nSPS) is 22.8. The highest BCUT2D eigenvalue weighted by atomic mass is 19.1. The number of amides is 1. The van der Waals surface area contributed by atoms with Crippen LogP contribution in [0.5, 0.6) is 0 Å². The molecule has 0 saturated carbocycles. The van der Waals surface area contributed by atoms with Crippen LogP contribution < -0.4 is 10.6 Å². The van der Waals surface area contributed by atoms with Crippen molar-refractivity contribution in [3.8, 4) is 0 Å². The highest BCUT2D eigenvalue weighted by Crippen LogP contribution is 2.29. The summed E-state index contributed by atoms with van der Waals surface area (Å²) in [6.07, 6.45) is 2.18. The molecule has 4 nitrogen and oxygen atoms in total. The fraction of sp³-hybridized carbons (Fsp3) is 0.381. The largest absolute Gasteiger partial charge is 0.369 e. The first-order chi connectivity index (χ1) is 12.6. The van der Waals surface area contributed by atoms with E-state index in [-0.39, 0.29) is 23.7 Å². The Labute approximate surface area is 153 Å². The summed E-state index contributed by atoms with van der Waals surface area (Å²) < 4.78 is 14.5. The Kier molecular flexibility index (Phi) is 4.64. The van der Waals surface area contributed by atoms with Gasteiger partial charge in [0.15, 0.2) is 0 Å². The summed E-state index contributed by atoms with van der Waals surface area (Å²) >= 11 is 0. The van der Waals surface area contributed by atoms with Gasteiger partial charge in [-0.05, 0) is 36.6 Å². The second-order valence-electron chi connectivity index (χ2n) is 7.25. The SMILES string of the molecule is N[C@@H]1CN(C(=O)c2ccc(N3CCCC3)c(F)c2)C[C@H]1c1ccccc1. The van der Waals surface area contributed by atoms with Crippen molar-refractivity contribution >= 4 is 11.6 Å².